The highest BCUT2D eigenvalue weighted by atomic mass is 79.9. The highest BCUT2D eigenvalue weighted by Crippen LogP contribution is 2.24. The van der Waals surface area contributed by atoms with Gasteiger partial charge in [-0.1, -0.05) is 22.0 Å². The molecule has 0 atom stereocenters. The average molecular weight is 416 g/mol. The van der Waals surface area contributed by atoms with Crippen molar-refractivity contribution in [2.45, 2.75) is 19.3 Å². The normalized spacial score (nSPS) is 10.4. The Morgan fingerprint density at radius 2 is 1.68 bits per heavy atom. The number of carbonyl (C=O) groups excluding carboxylic acids is 1. The molecular formula is C20H18BrNO2S. The first-order chi connectivity index (χ1) is 12.2. The number of carbonyl (C=O) groups is 1. The molecule has 0 aliphatic rings. The van der Waals surface area contributed by atoms with Gasteiger partial charge in [0.2, 0.25) is 5.91 Å². The first-order valence-corrected chi connectivity index (χ1v) is 9.72. The van der Waals surface area contributed by atoms with E-state index in [0.29, 0.717) is 6.42 Å². The van der Waals surface area contributed by atoms with Crippen molar-refractivity contribution in [3.63, 3.8) is 0 Å². The van der Waals surface area contributed by atoms with Crippen molar-refractivity contribution < 1.29 is 9.53 Å². The minimum atomic E-state index is 0.0399. The molecule has 0 spiro atoms. The van der Waals surface area contributed by atoms with Gasteiger partial charge in [0.15, 0.2) is 0 Å². The van der Waals surface area contributed by atoms with Gasteiger partial charge in [0.05, 0.1) is 0 Å². The molecule has 0 saturated heterocycles. The molecule has 25 heavy (non-hydrogen) atoms. The standard InChI is InChI=1S/C20H18BrNO2S/c21-15-6-10-17(11-7-15)24-18-12-8-16(9-13-18)22-20(23)5-1-3-19-4-2-14-25-19/h2,4,6-14H,1,3,5H2,(H,22,23). The van der Waals surface area contributed by atoms with Gasteiger partial charge in [-0.2, -0.15) is 0 Å². The van der Waals surface area contributed by atoms with E-state index in [1.54, 1.807) is 11.3 Å². The molecule has 1 heterocycles. The SMILES string of the molecule is O=C(CCCc1cccs1)Nc1ccc(Oc2ccc(Br)cc2)cc1. The average Bonchev–Trinajstić information content (AvgIpc) is 3.12. The first kappa shape index (κ1) is 17.7. The largest absolute Gasteiger partial charge is 0.457 e. The predicted octanol–water partition coefficient (Wildman–Crippen LogP) is 6.26. The molecule has 0 unspecified atom stereocenters. The molecule has 0 radical (unpaired) electrons. The zero-order valence-corrected chi connectivity index (χ0v) is 16.0. The minimum absolute atomic E-state index is 0.0399. The summed E-state index contributed by atoms with van der Waals surface area (Å²) < 4.78 is 6.78. The fraction of sp³-hybridized carbons (Fsp3) is 0.150. The van der Waals surface area contributed by atoms with Crippen molar-refractivity contribution in [2.75, 3.05) is 5.32 Å². The third-order valence-corrected chi connectivity index (χ3v) is 5.06. The van der Waals surface area contributed by atoms with E-state index in [-0.39, 0.29) is 5.91 Å². The monoisotopic (exact) mass is 415 g/mol. The molecule has 2 aromatic carbocycles. The summed E-state index contributed by atoms with van der Waals surface area (Å²) >= 11 is 5.13. The van der Waals surface area contributed by atoms with Crippen molar-refractivity contribution in [3.8, 4) is 11.5 Å². The molecule has 3 aromatic rings. The van der Waals surface area contributed by atoms with Gasteiger partial charge in [-0.15, -0.1) is 11.3 Å². The second-order valence-corrected chi connectivity index (χ2v) is 7.51. The Kier molecular flexibility index (Phi) is 6.25. The molecule has 128 valence electrons. The fourth-order valence-corrected chi connectivity index (χ4v) is 3.36. The molecule has 3 nitrogen and oxygen atoms in total. The highest BCUT2D eigenvalue weighted by molar-refractivity contribution is 9.10. The first-order valence-electron chi connectivity index (χ1n) is 8.05. The Morgan fingerprint density at radius 3 is 2.32 bits per heavy atom. The lowest BCUT2D eigenvalue weighted by molar-refractivity contribution is -0.116. The van der Waals surface area contributed by atoms with Crippen molar-refractivity contribution >= 4 is 38.9 Å². The van der Waals surface area contributed by atoms with E-state index in [1.807, 2.05) is 54.6 Å². The summed E-state index contributed by atoms with van der Waals surface area (Å²) in [5, 5.41) is 4.99. The van der Waals surface area contributed by atoms with E-state index in [0.717, 1.165) is 34.5 Å². The third-order valence-electron chi connectivity index (χ3n) is 3.59. The molecular weight excluding hydrogens is 398 g/mol. The predicted molar refractivity (Wildman–Crippen MR) is 107 cm³/mol. The maximum Gasteiger partial charge on any atom is 0.224 e. The summed E-state index contributed by atoms with van der Waals surface area (Å²) in [6, 6.07) is 19.2. The van der Waals surface area contributed by atoms with E-state index in [4.69, 9.17) is 4.74 Å². The van der Waals surface area contributed by atoms with Gasteiger partial charge in [0, 0.05) is 21.5 Å². The number of nitrogens with one attached hydrogen (secondary N) is 1. The Labute approximate surface area is 159 Å². The molecule has 1 N–H and O–H groups in total. The zero-order chi connectivity index (χ0) is 17.5. The van der Waals surface area contributed by atoms with Crippen molar-refractivity contribution in [1.82, 2.24) is 0 Å². The number of benzene rings is 2. The number of hydrogen-bond acceptors (Lipinski definition) is 3. The van der Waals surface area contributed by atoms with E-state index in [1.165, 1.54) is 4.88 Å². The van der Waals surface area contributed by atoms with Crippen LogP contribution >= 0.6 is 27.3 Å². The minimum Gasteiger partial charge on any atom is -0.457 e. The van der Waals surface area contributed by atoms with Gasteiger partial charge in [0.1, 0.15) is 11.5 Å². The smallest absolute Gasteiger partial charge is 0.224 e. The van der Waals surface area contributed by atoms with Crippen LogP contribution in [0.15, 0.2) is 70.5 Å². The van der Waals surface area contributed by atoms with E-state index in [9.17, 15) is 4.79 Å². The zero-order valence-electron chi connectivity index (χ0n) is 13.6. The summed E-state index contributed by atoms with van der Waals surface area (Å²) in [6.45, 7) is 0. The van der Waals surface area contributed by atoms with Crippen LogP contribution in [-0.4, -0.2) is 5.91 Å². The molecule has 1 aromatic heterocycles. The second-order valence-electron chi connectivity index (χ2n) is 5.56. The van der Waals surface area contributed by atoms with Crippen molar-refractivity contribution in [2.24, 2.45) is 0 Å². The van der Waals surface area contributed by atoms with Gasteiger partial charge in [-0.05, 0) is 72.8 Å². The number of anilines is 1. The molecule has 0 saturated carbocycles. The van der Waals surface area contributed by atoms with Crippen LogP contribution in [-0.2, 0) is 11.2 Å². The lowest BCUT2D eigenvalue weighted by Gasteiger charge is -2.08. The van der Waals surface area contributed by atoms with Crippen molar-refractivity contribution in [1.29, 1.82) is 0 Å². The Hall–Kier alpha value is -2.11. The number of rotatable bonds is 7. The molecule has 1 amide bonds. The van der Waals surface area contributed by atoms with Crippen LogP contribution in [0, 0.1) is 0 Å². The Bertz CT molecular complexity index is 799. The van der Waals surface area contributed by atoms with Crippen LogP contribution < -0.4 is 10.1 Å². The van der Waals surface area contributed by atoms with Crippen LogP contribution in [0.5, 0.6) is 11.5 Å². The number of thiophene rings is 1. The van der Waals surface area contributed by atoms with E-state index in [2.05, 4.69) is 32.7 Å². The molecule has 3 rings (SSSR count). The summed E-state index contributed by atoms with van der Waals surface area (Å²) in [6.07, 6.45) is 2.33. The maximum atomic E-state index is 12.0. The maximum absolute atomic E-state index is 12.0. The summed E-state index contributed by atoms with van der Waals surface area (Å²) in [4.78, 5) is 13.3. The summed E-state index contributed by atoms with van der Waals surface area (Å²) in [5.41, 5.74) is 0.782. The van der Waals surface area contributed by atoms with Crippen LogP contribution in [0.2, 0.25) is 0 Å². The molecule has 0 aliphatic heterocycles. The second kappa shape index (κ2) is 8.83. The Balaban J connectivity index is 1.46. The third kappa shape index (κ3) is 5.73. The quantitative estimate of drug-likeness (QED) is 0.493. The van der Waals surface area contributed by atoms with Gasteiger partial charge in [0.25, 0.3) is 0 Å². The van der Waals surface area contributed by atoms with Crippen molar-refractivity contribution in [3.05, 3.63) is 75.4 Å². The van der Waals surface area contributed by atoms with Crippen LogP contribution in [0.4, 0.5) is 5.69 Å². The van der Waals surface area contributed by atoms with Crippen LogP contribution in [0.25, 0.3) is 0 Å². The number of halogens is 1. The molecule has 0 fully saturated rings. The van der Waals surface area contributed by atoms with Gasteiger partial charge in [-0.3, -0.25) is 4.79 Å². The molecule has 0 aliphatic carbocycles. The fourth-order valence-electron chi connectivity index (χ4n) is 2.35. The summed E-state index contributed by atoms with van der Waals surface area (Å²) in [5.74, 6) is 1.55. The van der Waals surface area contributed by atoms with Gasteiger partial charge in [-0.25, -0.2) is 0 Å². The van der Waals surface area contributed by atoms with Crippen LogP contribution in [0.3, 0.4) is 0 Å². The summed E-state index contributed by atoms with van der Waals surface area (Å²) in [7, 11) is 0. The van der Waals surface area contributed by atoms with E-state index < -0.39 is 0 Å². The van der Waals surface area contributed by atoms with Crippen LogP contribution in [0.1, 0.15) is 17.7 Å². The van der Waals surface area contributed by atoms with Gasteiger partial charge >= 0.3 is 0 Å². The highest BCUT2D eigenvalue weighted by Gasteiger charge is 2.04. The number of aryl methyl sites for hydroxylation is 1. The lowest BCUT2D eigenvalue weighted by atomic mass is 10.2. The Morgan fingerprint density at radius 1 is 1.00 bits per heavy atom. The molecule has 0 bridgehead atoms. The number of ether oxygens (including phenoxy) is 1. The van der Waals surface area contributed by atoms with E-state index >= 15 is 0 Å². The lowest BCUT2D eigenvalue weighted by Crippen LogP contribution is -2.11. The topological polar surface area (TPSA) is 38.3 Å². The number of hydrogen-bond donors (Lipinski definition) is 1. The van der Waals surface area contributed by atoms with Gasteiger partial charge < -0.3 is 10.1 Å². The molecule has 5 heteroatoms. The number of amides is 1.